The zero-order valence-corrected chi connectivity index (χ0v) is 11.4. The first-order valence-corrected chi connectivity index (χ1v) is 6.38. The molecule has 1 fully saturated rings. The molecular weight excluding hydrogens is 268 g/mol. The fourth-order valence-corrected chi connectivity index (χ4v) is 2.32. The van der Waals surface area contributed by atoms with Gasteiger partial charge < -0.3 is 14.9 Å². The summed E-state index contributed by atoms with van der Waals surface area (Å²) < 4.78 is 0. The minimum Gasteiger partial charge on any atom is -0.478 e. The molecule has 1 aromatic carbocycles. The zero-order chi connectivity index (χ0) is 14.0. The second kappa shape index (κ2) is 5.48. The minimum atomic E-state index is -1.04. The number of benzene rings is 1. The van der Waals surface area contributed by atoms with Gasteiger partial charge in [0.15, 0.2) is 0 Å². The second-order valence-corrected chi connectivity index (χ2v) is 4.99. The molecule has 0 unspecified atom stereocenters. The number of aromatic carboxylic acids is 1. The van der Waals surface area contributed by atoms with Crippen LogP contribution < -0.4 is 4.90 Å². The Morgan fingerprint density at radius 3 is 2.79 bits per heavy atom. The van der Waals surface area contributed by atoms with Crippen LogP contribution in [-0.4, -0.2) is 48.6 Å². The minimum absolute atomic E-state index is 0.0104. The standard InChI is InChI=1S/C13H15ClN2O3/c1-15-5-2-6-16(8-12(15)17)11-4-3-9(14)7-10(11)13(18)19/h3-4,7H,2,5-6,8H2,1H3,(H,18,19). The van der Waals surface area contributed by atoms with E-state index < -0.39 is 5.97 Å². The van der Waals surface area contributed by atoms with E-state index in [0.717, 1.165) is 6.42 Å². The van der Waals surface area contributed by atoms with E-state index in [1.54, 1.807) is 29.0 Å². The Hall–Kier alpha value is -1.75. The molecule has 102 valence electrons. The van der Waals surface area contributed by atoms with E-state index in [0.29, 0.717) is 23.8 Å². The average Bonchev–Trinajstić information content (AvgIpc) is 2.52. The van der Waals surface area contributed by atoms with Gasteiger partial charge in [0.1, 0.15) is 0 Å². The number of hydrogen-bond acceptors (Lipinski definition) is 3. The fraction of sp³-hybridized carbons (Fsp3) is 0.385. The summed E-state index contributed by atoms with van der Waals surface area (Å²) in [7, 11) is 1.76. The summed E-state index contributed by atoms with van der Waals surface area (Å²) in [4.78, 5) is 26.6. The number of anilines is 1. The van der Waals surface area contributed by atoms with Crippen LogP contribution in [0.3, 0.4) is 0 Å². The van der Waals surface area contributed by atoms with Crippen molar-refractivity contribution in [2.75, 3.05) is 31.6 Å². The predicted octanol–water partition coefficient (Wildman–Crippen LogP) is 1.71. The van der Waals surface area contributed by atoms with E-state index in [1.165, 1.54) is 6.07 Å². The number of nitrogens with zero attached hydrogens (tertiary/aromatic N) is 2. The zero-order valence-electron chi connectivity index (χ0n) is 10.6. The molecular formula is C13H15ClN2O3. The Labute approximate surface area is 116 Å². The topological polar surface area (TPSA) is 60.9 Å². The van der Waals surface area contributed by atoms with Crippen LogP contribution in [0.15, 0.2) is 18.2 Å². The molecule has 5 nitrogen and oxygen atoms in total. The molecule has 0 aromatic heterocycles. The molecule has 19 heavy (non-hydrogen) atoms. The largest absolute Gasteiger partial charge is 0.478 e. The molecule has 0 saturated carbocycles. The summed E-state index contributed by atoms with van der Waals surface area (Å²) >= 11 is 5.83. The fourth-order valence-electron chi connectivity index (χ4n) is 2.15. The van der Waals surface area contributed by atoms with Crippen LogP contribution in [0.25, 0.3) is 0 Å². The lowest BCUT2D eigenvalue weighted by molar-refractivity contribution is -0.127. The SMILES string of the molecule is CN1CCCN(c2ccc(Cl)cc2C(=O)O)CC1=O. The van der Waals surface area contributed by atoms with Gasteiger partial charge in [-0.05, 0) is 24.6 Å². The van der Waals surface area contributed by atoms with Crippen LogP contribution in [0.1, 0.15) is 16.8 Å². The van der Waals surface area contributed by atoms with Gasteiger partial charge in [-0.15, -0.1) is 0 Å². The van der Waals surface area contributed by atoms with Gasteiger partial charge in [0.05, 0.1) is 17.8 Å². The van der Waals surface area contributed by atoms with Crippen LogP contribution in [0, 0.1) is 0 Å². The summed E-state index contributed by atoms with van der Waals surface area (Å²) in [6.07, 6.45) is 0.809. The molecule has 0 spiro atoms. The van der Waals surface area contributed by atoms with E-state index in [1.807, 2.05) is 0 Å². The molecule has 1 saturated heterocycles. The molecule has 1 amide bonds. The maximum Gasteiger partial charge on any atom is 0.337 e. The van der Waals surface area contributed by atoms with E-state index in [2.05, 4.69) is 0 Å². The maximum absolute atomic E-state index is 11.9. The van der Waals surface area contributed by atoms with Crippen LogP contribution in [-0.2, 0) is 4.79 Å². The number of carboxylic acid groups (broad SMARTS) is 1. The van der Waals surface area contributed by atoms with Crippen molar-refractivity contribution in [1.82, 2.24) is 4.90 Å². The highest BCUT2D eigenvalue weighted by Crippen LogP contribution is 2.25. The quantitative estimate of drug-likeness (QED) is 0.897. The first-order valence-electron chi connectivity index (χ1n) is 6.01. The smallest absolute Gasteiger partial charge is 0.337 e. The molecule has 2 rings (SSSR count). The Bertz CT molecular complexity index is 519. The van der Waals surface area contributed by atoms with Crippen molar-refractivity contribution in [1.29, 1.82) is 0 Å². The third-order valence-corrected chi connectivity index (χ3v) is 3.44. The van der Waals surface area contributed by atoms with Gasteiger partial charge in [0.25, 0.3) is 0 Å². The third-order valence-electron chi connectivity index (χ3n) is 3.20. The number of hydrogen-bond donors (Lipinski definition) is 1. The second-order valence-electron chi connectivity index (χ2n) is 4.56. The molecule has 1 N–H and O–H groups in total. The van der Waals surface area contributed by atoms with Crippen molar-refractivity contribution in [2.24, 2.45) is 0 Å². The summed E-state index contributed by atoms with van der Waals surface area (Å²) in [5.74, 6) is -1.05. The first-order chi connectivity index (χ1) is 8.99. The monoisotopic (exact) mass is 282 g/mol. The van der Waals surface area contributed by atoms with Crippen LogP contribution in [0.2, 0.25) is 5.02 Å². The Kier molecular flexibility index (Phi) is 3.95. The lowest BCUT2D eigenvalue weighted by atomic mass is 10.1. The summed E-state index contributed by atoms with van der Waals surface area (Å²) in [5.41, 5.74) is 0.672. The highest BCUT2D eigenvalue weighted by molar-refractivity contribution is 6.31. The van der Waals surface area contributed by atoms with Crippen LogP contribution >= 0.6 is 11.6 Å². The predicted molar refractivity (Wildman–Crippen MR) is 72.9 cm³/mol. The lowest BCUT2D eigenvalue weighted by Gasteiger charge is -2.23. The highest BCUT2D eigenvalue weighted by Gasteiger charge is 2.22. The molecule has 0 radical (unpaired) electrons. The van der Waals surface area contributed by atoms with Crippen molar-refractivity contribution in [3.63, 3.8) is 0 Å². The maximum atomic E-state index is 11.9. The van der Waals surface area contributed by atoms with E-state index in [-0.39, 0.29) is 18.0 Å². The molecule has 0 aliphatic carbocycles. The molecule has 1 aromatic rings. The number of amides is 1. The van der Waals surface area contributed by atoms with Crippen LogP contribution in [0.4, 0.5) is 5.69 Å². The van der Waals surface area contributed by atoms with Gasteiger partial charge in [-0.25, -0.2) is 4.79 Å². The normalized spacial score (nSPS) is 16.4. The Morgan fingerprint density at radius 2 is 2.11 bits per heavy atom. The third kappa shape index (κ3) is 2.98. The van der Waals surface area contributed by atoms with E-state index in [4.69, 9.17) is 11.6 Å². The summed E-state index contributed by atoms with van der Waals surface area (Å²) in [6, 6.07) is 4.71. The number of likely N-dealkylation sites (N-methyl/N-ethyl adjacent to an activating group) is 1. The summed E-state index contributed by atoms with van der Waals surface area (Å²) in [6.45, 7) is 1.53. The molecule has 0 atom stereocenters. The van der Waals surface area contributed by atoms with E-state index >= 15 is 0 Å². The number of halogens is 1. The number of carbonyl (C=O) groups is 2. The van der Waals surface area contributed by atoms with Gasteiger partial charge in [-0.1, -0.05) is 11.6 Å². The molecule has 1 aliphatic rings. The van der Waals surface area contributed by atoms with Gasteiger partial charge >= 0.3 is 5.97 Å². The van der Waals surface area contributed by atoms with Gasteiger partial charge in [-0.3, -0.25) is 4.79 Å². The lowest BCUT2D eigenvalue weighted by Crippen LogP contribution is -2.35. The Morgan fingerprint density at radius 1 is 1.37 bits per heavy atom. The van der Waals surface area contributed by atoms with Gasteiger partial charge in [0, 0.05) is 25.2 Å². The number of carboxylic acids is 1. The van der Waals surface area contributed by atoms with Crippen molar-refractivity contribution in [2.45, 2.75) is 6.42 Å². The van der Waals surface area contributed by atoms with Crippen LogP contribution in [0.5, 0.6) is 0 Å². The summed E-state index contributed by atoms with van der Waals surface area (Å²) in [5, 5.41) is 9.60. The van der Waals surface area contributed by atoms with Crippen molar-refractivity contribution in [3.8, 4) is 0 Å². The Balaban J connectivity index is 2.35. The first kappa shape index (κ1) is 13.7. The van der Waals surface area contributed by atoms with Crippen molar-refractivity contribution >= 4 is 29.2 Å². The average molecular weight is 283 g/mol. The van der Waals surface area contributed by atoms with Gasteiger partial charge in [0.2, 0.25) is 5.91 Å². The van der Waals surface area contributed by atoms with Crippen molar-refractivity contribution < 1.29 is 14.7 Å². The molecule has 0 bridgehead atoms. The van der Waals surface area contributed by atoms with E-state index in [9.17, 15) is 14.7 Å². The van der Waals surface area contributed by atoms with Crippen molar-refractivity contribution in [3.05, 3.63) is 28.8 Å². The molecule has 6 heteroatoms. The molecule has 1 aliphatic heterocycles. The molecule has 1 heterocycles. The highest BCUT2D eigenvalue weighted by atomic mass is 35.5. The van der Waals surface area contributed by atoms with Gasteiger partial charge in [-0.2, -0.15) is 0 Å². The number of rotatable bonds is 2. The number of carbonyl (C=O) groups excluding carboxylic acids is 1.